The normalized spacial score (nSPS) is 20.2. The molecule has 0 N–H and O–H groups in total. The van der Waals surface area contributed by atoms with E-state index in [1.807, 2.05) is 6.07 Å². The fraction of sp³-hybridized carbons (Fsp3) is 0.562. The number of rotatable bonds is 2. The smallest absolute Gasteiger partial charge is 0.161 e. The number of carbonyl (C=O) groups is 1. The van der Waals surface area contributed by atoms with Crippen molar-refractivity contribution in [1.82, 2.24) is 0 Å². The van der Waals surface area contributed by atoms with Gasteiger partial charge in [-0.1, -0.05) is 6.92 Å². The standard InChI is InChI=1S/C16H22FNO/c1-11-5-4-7-18(8-6-11)16-9-12(2)15(17)10-14(16)13(3)19/h9-11H,4-8H2,1-3H3. The zero-order chi connectivity index (χ0) is 14.0. The Balaban J connectivity index is 2.37. The zero-order valence-corrected chi connectivity index (χ0v) is 12.0. The summed E-state index contributed by atoms with van der Waals surface area (Å²) in [7, 11) is 0. The molecule has 1 atom stereocenters. The van der Waals surface area contributed by atoms with Crippen LogP contribution in [0.4, 0.5) is 10.1 Å². The van der Waals surface area contributed by atoms with Gasteiger partial charge >= 0.3 is 0 Å². The van der Waals surface area contributed by atoms with E-state index in [9.17, 15) is 9.18 Å². The number of nitrogens with zero attached hydrogens (tertiary/aromatic N) is 1. The maximum Gasteiger partial charge on any atom is 0.161 e. The van der Waals surface area contributed by atoms with Gasteiger partial charge in [-0.3, -0.25) is 4.79 Å². The predicted molar refractivity (Wildman–Crippen MR) is 76.4 cm³/mol. The third kappa shape index (κ3) is 3.14. The molecule has 1 aromatic carbocycles. The van der Waals surface area contributed by atoms with Gasteiger partial charge in [0.25, 0.3) is 0 Å². The molecule has 19 heavy (non-hydrogen) atoms. The van der Waals surface area contributed by atoms with Crippen LogP contribution in [0.1, 0.15) is 49.0 Å². The number of benzene rings is 1. The molecule has 0 aromatic heterocycles. The van der Waals surface area contributed by atoms with Gasteiger partial charge < -0.3 is 4.90 Å². The first-order chi connectivity index (χ1) is 8.99. The molecule has 2 nitrogen and oxygen atoms in total. The average Bonchev–Trinajstić information content (AvgIpc) is 2.57. The first-order valence-electron chi connectivity index (χ1n) is 7.05. The number of carbonyl (C=O) groups excluding carboxylic acids is 1. The number of hydrogen-bond acceptors (Lipinski definition) is 2. The van der Waals surface area contributed by atoms with Crippen LogP contribution in [0.5, 0.6) is 0 Å². The number of Topliss-reactive ketones (excluding diaryl/α,β-unsaturated/α-hetero) is 1. The number of aryl methyl sites for hydroxylation is 1. The van der Waals surface area contributed by atoms with Crippen molar-refractivity contribution in [1.29, 1.82) is 0 Å². The van der Waals surface area contributed by atoms with Crippen LogP contribution in [0, 0.1) is 18.7 Å². The Bertz CT molecular complexity index is 484. The topological polar surface area (TPSA) is 20.3 Å². The SMILES string of the molecule is CC(=O)c1cc(F)c(C)cc1N1CCCC(C)CC1. The van der Waals surface area contributed by atoms with Crippen LogP contribution in [-0.2, 0) is 0 Å². The van der Waals surface area contributed by atoms with E-state index in [-0.39, 0.29) is 11.6 Å². The predicted octanol–water partition coefficient (Wildman–Crippen LogP) is 3.96. The monoisotopic (exact) mass is 263 g/mol. The zero-order valence-electron chi connectivity index (χ0n) is 12.0. The van der Waals surface area contributed by atoms with Crippen molar-refractivity contribution in [2.75, 3.05) is 18.0 Å². The average molecular weight is 263 g/mol. The van der Waals surface area contributed by atoms with Crippen LogP contribution in [0.2, 0.25) is 0 Å². The Labute approximate surface area is 114 Å². The maximum absolute atomic E-state index is 13.7. The number of ketones is 1. The summed E-state index contributed by atoms with van der Waals surface area (Å²) in [6, 6.07) is 3.21. The summed E-state index contributed by atoms with van der Waals surface area (Å²) in [6.45, 7) is 7.44. The molecule has 104 valence electrons. The summed E-state index contributed by atoms with van der Waals surface area (Å²) < 4.78 is 13.7. The van der Waals surface area contributed by atoms with E-state index in [0.29, 0.717) is 11.1 Å². The molecule has 1 saturated heterocycles. The minimum Gasteiger partial charge on any atom is -0.371 e. The summed E-state index contributed by atoms with van der Waals surface area (Å²) >= 11 is 0. The van der Waals surface area contributed by atoms with Gasteiger partial charge in [0.2, 0.25) is 0 Å². The van der Waals surface area contributed by atoms with E-state index in [2.05, 4.69) is 11.8 Å². The molecule has 0 amide bonds. The summed E-state index contributed by atoms with van der Waals surface area (Å²) in [5.41, 5.74) is 2.02. The van der Waals surface area contributed by atoms with Crippen LogP contribution in [0.25, 0.3) is 0 Å². The largest absolute Gasteiger partial charge is 0.371 e. The van der Waals surface area contributed by atoms with Gasteiger partial charge in [-0.05, 0) is 56.7 Å². The van der Waals surface area contributed by atoms with E-state index >= 15 is 0 Å². The van der Waals surface area contributed by atoms with E-state index in [1.54, 1.807) is 6.92 Å². The molecule has 2 rings (SSSR count). The highest BCUT2D eigenvalue weighted by Crippen LogP contribution is 2.28. The van der Waals surface area contributed by atoms with Crippen molar-refractivity contribution in [2.24, 2.45) is 5.92 Å². The lowest BCUT2D eigenvalue weighted by Crippen LogP contribution is -2.26. The van der Waals surface area contributed by atoms with Gasteiger partial charge in [-0.15, -0.1) is 0 Å². The Hall–Kier alpha value is -1.38. The third-order valence-electron chi connectivity index (χ3n) is 4.01. The molecule has 1 fully saturated rings. The summed E-state index contributed by atoms with van der Waals surface area (Å²) in [4.78, 5) is 14.0. The summed E-state index contributed by atoms with van der Waals surface area (Å²) in [5.74, 6) is 0.371. The molecule has 1 aliphatic heterocycles. The highest BCUT2D eigenvalue weighted by atomic mass is 19.1. The van der Waals surface area contributed by atoms with Gasteiger partial charge in [-0.25, -0.2) is 4.39 Å². The van der Waals surface area contributed by atoms with Crippen molar-refractivity contribution in [3.63, 3.8) is 0 Å². The van der Waals surface area contributed by atoms with Crippen molar-refractivity contribution in [2.45, 2.75) is 40.0 Å². The van der Waals surface area contributed by atoms with Crippen molar-refractivity contribution in [3.8, 4) is 0 Å². The van der Waals surface area contributed by atoms with Crippen LogP contribution in [0.3, 0.4) is 0 Å². The summed E-state index contributed by atoms with van der Waals surface area (Å²) in [6.07, 6.45) is 3.49. The molecule has 1 heterocycles. The van der Waals surface area contributed by atoms with E-state index < -0.39 is 0 Å². The second-order valence-electron chi connectivity index (χ2n) is 5.70. The van der Waals surface area contributed by atoms with Crippen LogP contribution >= 0.6 is 0 Å². The van der Waals surface area contributed by atoms with Crippen LogP contribution in [0.15, 0.2) is 12.1 Å². The number of hydrogen-bond donors (Lipinski definition) is 0. The first-order valence-corrected chi connectivity index (χ1v) is 7.05. The third-order valence-corrected chi connectivity index (χ3v) is 4.01. The van der Waals surface area contributed by atoms with Gasteiger partial charge in [0.05, 0.1) is 0 Å². The lowest BCUT2D eigenvalue weighted by molar-refractivity contribution is 0.101. The van der Waals surface area contributed by atoms with Gasteiger partial charge in [0, 0.05) is 24.3 Å². The lowest BCUT2D eigenvalue weighted by atomic mass is 10.0. The number of halogens is 1. The second kappa shape index (κ2) is 5.72. The highest BCUT2D eigenvalue weighted by molar-refractivity contribution is 5.99. The molecule has 0 radical (unpaired) electrons. The van der Waals surface area contributed by atoms with E-state index in [0.717, 1.165) is 37.5 Å². The minimum absolute atomic E-state index is 0.0637. The molecular weight excluding hydrogens is 241 g/mol. The van der Waals surface area contributed by atoms with Gasteiger partial charge in [0.1, 0.15) is 5.82 Å². The fourth-order valence-corrected chi connectivity index (χ4v) is 2.71. The minimum atomic E-state index is -0.294. The molecule has 0 aliphatic carbocycles. The first kappa shape index (κ1) is 14.0. The van der Waals surface area contributed by atoms with Gasteiger partial charge in [0.15, 0.2) is 5.78 Å². The van der Waals surface area contributed by atoms with Crippen LogP contribution < -0.4 is 4.90 Å². The van der Waals surface area contributed by atoms with Crippen molar-refractivity contribution in [3.05, 3.63) is 29.1 Å². The van der Waals surface area contributed by atoms with E-state index in [4.69, 9.17) is 0 Å². The Kier molecular flexibility index (Phi) is 4.23. The molecule has 1 aromatic rings. The van der Waals surface area contributed by atoms with Gasteiger partial charge in [-0.2, -0.15) is 0 Å². The molecule has 0 bridgehead atoms. The lowest BCUT2D eigenvalue weighted by Gasteiger charge is -2.25. The highest BCUT2D eigenvalue weighted by Gasteiger charge is 2.19. The Morgan fingerprint density at radius 2 is 2.05 bits per heavy atom. The van der Waals surface area contributed by atoms with Crippen molar-refractivity contribution < 1.29 is 9.18 Å². The molecule has 1 aliphatic rings. The summed E-state index contributed by atoms with van der Waals surface area (Å²) in [5, 5.41) is 0. The maximum atomic E-state index is 13.7. The van der Waals surface area contributed by atoms with E-state index in [1.165, 1.54) is 19.4 Å². The van der Waals surface area contributed by atoms with Crippen LogP contribution in [-0.4, -0.2) is 18.9 Å². The molecular formula is C16H22FNO. The molecule has 0 spiro atoms. The number of anilines is 1. The molecule has 1 unspecified atom stereocenters. The fourth-order valence-electron chi connectivity index (χ4n) is 2.71. The molecule has 0 saturated carbocycles. The Morgan fingerprint density at radius 3 is 2.74 bits per heavy atom. The second-order valence-corrected chi connectivity index (χ2v) is 5.70. The molecule has 3 heteroatoms. The Morgan fingerprint density at radius 1 is 1.32 bits per heavy atom. The quantitative estimate of drug-likeness (QED) is 0.753. The van der Waals surface area contributed by atoms with Crippen molar-refractivity contribution >= 4 is 11.5 Å².